The summed E-state index contributed by atoms with van der Waals surface area (Å²) in [5.74, 6) is 1.30. The molecule has 4 rings (SSSR count). The van der Waals surface area contributed by atoms with E-state index in [9.17, 15) is 9.59 Å². The molecule has 1 fully saturated rings. The van der Waals surface area contributed by atoms with Crippen molar-refractivity contribution >= 4 is 29.2 Å². The maximum Gasteiger partial charge on any atom is 0.321 e. The average Bonchev–Trinajstić information content (AvgIpc) is 3.15. The van der Waals surface area contributed by atoms with Crippen molar-refractivity contribution in [1.29, 1.82) is 0 Å². The van der Waals surface area contributed by atoms with Gasteiger partial charge in [-0.3, -0.25) is 4.79 Å². The van der Waals surface area contributed by atoms with Gasteiger partial charge in [-0.2, -0.15) is 0 Å². The zero-order chi connectivity index (χ0) is 23.2. The summed E-state index contributed by atoms with van der Waals surface area (Å²) in [6, 6.07) is 14.9. The second kappa shape index (κ2) is 10.5. The summed E-state index contributed by atoms with van der Waals surface area (Å²) in [5.41, 5.74) is 2.84. The predicted octanol–water partition coefficient (Wildman–Crippen LogP) is 5.00. The molecule has 0 atom stereocenters. The summed E-state index contributed by atoms with van der Waals surface area (Å²) in [6.45, 7) is 4.26. The second-order valence-corrected chi connectivity index (χ2v) is 8.58. The molecule has 33 heavy (non-hydrogen) atoms. The van der Waals surface area contributed by atoms with E-state index in [-0.39, 0.29) is 11.9 Å². The Hall–Kier alpha value is -3.32. The number of anilines is 1. The Kier molecular flexibility index (Phi) is 7.29. The van der Waals surface area contributed by atoms with E-state index >= 15 is 0 Å². The highest BCUT2D eigenvalue weighted by atomic mass is 35.5. The molecular formula is C25H27ClN4O3. The van der Waals surface area contributed by atoms with Crippen LogP contribution in [0.3, 0.4) is 0 Å². The minimum atomic E-state index is -0.171. The Balaban J connectivity index is 1.26. The van der Waals surface area contributed by atoms with E-state index in [2.05, 4.69) is 10.3 Å². The number of nitrogens with one attached hydrogen (secondary N) is 1. The lowest BCUT2D eigenvalue weighted by atomic mass is 10.1. The van der Waals surface area contributed by atoms with Gasteiger partial charge in [0.2, 0.25) is 5.91 Å². The Bertz CT molecular complexity index is 1100. The van der Waals surface area contributed by atoms with Crippen molar-refractivity contribution < 1.29 is 14.0 Å². The number of benzene rings is 2. The van der Waals surface area contributed by atoms with Gasteiger partial charge in [0.25, 0.3) is 0 Å². The van der Waals surface area contributed by atoms with Gasteiger partial charge in [0.15, 0.2) is 11.7 Å². The van der Waals surface area contributed by atoms with Gasteiger partial charge in [0.1, 0.15) is 0 Å². The van der Waals surface area contributed by atoms with Gasteiger partial charge in [-0.1, -0.05) is 41.4 Å². The summed E-state index contributed by atoms with van der Waals surface area (Å²) in [7, 11) is 0. The fraction of sp³-hybridized carbons (Fsp3) is 0.320. The largest absolute Gasteiger partial charge is 0.441 e. The fourth-order valence-corrected chi connectivity index (χ4v) is 3.88. The number of nitrogens with zero attached hydrogens (tertiary/aromatic N) is 3. The minimum Gasteiger partial charge on any atom is -0.441 e. The van der Waals surface area contributed by atoms with Gasteiger partial charge >= 0.3 is 6.03 Å². The van der Waals surface area contributed by atoms with Crippen molar-refractivity contribution in [2.24, 2.45) is 0 Å². The van der Waals surface area contributed by atoms with E-state index in [1.54, 1.807) is 35.4 Å². The molecule has 0 bridgehead atoms. The van der Waals surface area contributed by atoms with Crippen molar-refractivity contribution in [2.45, 2.75) is 26.2 Å². The van der Waals surface area contributed by atoms with Crippen LogP contribution in [0.15, 0.2) is 59.1 Å². The molecule has 1 saturated heterocycles. The molecule has 0 aliphatic carbocycles. The maximum atomic E-state index is 12.8. The number of aromatic nitrogens is 1. The molecule has 1 aliphatic rings. The number of amides is 3. The van der Waals surface area contributed by atoms with E-state index in [4.69, 9.17) is 16.0 Å². The molecule has 0 radical (unpaired) electrons. The molecule has 7 nitrogen and oxygen atoms in total. The van der Waals surface area contributed by atoms with Crippen molar-refractivity contribution in [3.63, 3.8) is 0 Å². The monoisotopic (exact) mass is 466 g/mol. The molecule has 172 valence electrons. The molecule has 0 unspecified atom stereocenters. The van der Waals surface area contributed by atoms with E-state index in [1.165, 1.54) is 5.56 Å². The lowest BCUT2D eigenvalue weighted by Gasteiger charge is -2.22. The third-order valence-electron chi connectivity index (χ3n) is 5.67. The molecule has 1 aromatic heterocycles. The van der Waals surface area contributed by atoms with Crippen LogP contribution < -0.4 is 5.32 Å². The Morgan fingerprint density at radius 1 is 1.00 bits per heavy atom. The quantitative estimate of drug-likeness (QED) is 0.573. The van der Waals surface area contributed by atoms with Crippen molar-refractivity contribution in [2.75, 3.05) is 31.5 Å². The number of rotatable bonds is 5. The first kappa shape index (κ1) is 22.9. The van der Waals surface area contributed by atoms with Crippen molar-refractivity contribution in [1.82, 2.24) is 14.8 Å². The first-order chi connectivity index (χ1) is 16.0. The molecule has 2 heterocycles. The van der Waals surface area contributed by atoms with E-state index in [0.717, 1.165) is 12.0 Å². The summed E-state index contributed by atoms with van der Waals surface area (Å²) in [5, 5.41) is 3.50. The second-order valence-electron chi connectivity index (χ2n) is 8.14. The molecule has 0 saturated carbocycles. The van der Waals surface area contributed by atoms with E-state index in [1.807, 2.05) is 36.1 Å². The van der Waals surface area contributed by atoms with Gasteiger partial charge in [-0.25, -0.2) is 9.78 Å². The third-order valence-corrected chi connectivity index (χ3v) is 5.93. The molecule has 8 heteroatoms. The number of hydrogen-bond donors (Lipinski definition) is 1. The van der Waals surface area contributed by atoms with Gasteiger partial charge in [-0.15, -0.1) is 0 Å². The standard InChI is InChI=1S/C25H27ClN4O3/c1-18-3-5-19(6-4-18)22-17-27-23(33-22)11-12-24(31)29-13-2-14-30(16-15-29)25(32)28-21-9-7-20(26)8-10-21/h3-10,17H,2,11-16H2,1H3,(H,28,32). The summed E-state index contributed by atoms with van der Waals surface area (Å²) >= 11 is 5.89. The Morgan fingerprint density at radius 2 is 1.70 bits per heavy atom. The van der Waals surface area contributed by atoms with Crippen LogP contribution in [0.25, 0.3) is 11.3 Å². The van der Waals surface area contributed by atoms with Crippen LogP contribution in [0.1, 0.15) is 24.3 Å². The average molecular weight is 467 g/mol. The lowest BCUT2D eigenvalue weighted by molar-refractivity contribution is -0.131. The molecule has 0 spiro atoms. The number of urea groups is 1. The highest BCUT2D eigenvalue weighted by molar-refractivity contribution is 6.30. The number of carbonyl (C=O) groups is 2. The molecule has 2 aromatic carbocycles. The zero-order valence-corrected chi connectivity index (χ0v) is 19.3. The molecule has 1 N–H and O–H groups in total. The fourth-order valence-electron chi connectivity index (χ4n) is 3.75. The molecule has 3 aromatic rings. The number of oxazole rings is 1. The molecular weight excluding hydrogens is 440 g/mol. The van der Waals surface area contributed by atoms with Gasteiger partial charge < -0.3 is 19.5 Å². The van der Waals surface area contributed by atoms with Crippen LogP contribution in [-0.2, 0) is 11.2 Å². The van der Waals surface area contributed by atoms with Crippen LogP contribution in [-0.4, -0.2) is 52.9 Å². The summed E-state index contributed by atoms with van der Waals surface area (Å²) in [4.78, 5) is 33.2. The summed E-state index contributed by atoms with van der Waals surface area (Å²) in [6.07, 6.45) is 3.21. The van der Waals surface area contributed by atoms with Crippen molar-refractivity contribution in [3.05, 3.63) is 71.2 Å². The highest BCUT2D eigenvalue weighted by Crippen LogP contribution is 2.21. The zero-order valence-electron chi connectivity index (χ0n) is 18.6. The predicted molar refractivity (Wildman–Crippen MR) is 128 cm³/mol. The maximum absolute atomic E-state index is 12.8. The Labute approximate surface area is 198 Å². The van der Waals surface area contributed by atoms with Crippen LogP contribution in [0.2, 0.25) is 5.02 Å². The number of hydrogen-bond acceptors (Lipinski definition) is 4. The van der Waals surface area contributed by atoms with Gasteiger partial charge in [-0.05, 0) is 37.6 Å². The number of halogens is 1. The smallest absolute Gasteiger partial charge is 0.321 e. The first-order valence-electron chi connectivity index (χ1n) is 11.1. The van der Waals surface area contributed by atoms with Gasteiger partial charge in [0.05, 0.1) is 6.20 Å². The highest BCUT2D eigenvalue weighted by Gasteiger charge is 2.22. The number of aryl methyl sites for hydroxylation is 2. The normalized spacial score (nSPS) is 14.1. The van der Waals surface area contributed by atoms with Crippen LogP contribution in [0, 0.1) is 6.92 Å². The van der Waals surface area contributed by atoms with E-state index < -0.39 is 0 Å². The number of carbonyl (C=O) groups excluding carboxylic acids is 2. The van der Waals surface area contributed by atoms with Crippen molar-refractivity contribution in [3.8, 4) is 11.3 Å². The molecule has 3 amide bonds. The Morgan fingerprint density at radius 3 is 2.45 bits per heavy atom. The lowest BCUT2D eigenvalue weighted by Crippen LogP contribution is -2.39. The van der Waals surface area contributed by atoms with E-state index in [0.29, 0.717) is 61.4 Å². The first-order valence-corrected chi connectivity index (χ1v) is 11.5. The van der Waals surface area contributed by atoms with Crippen LogP contribution in [0.5, 0.6) is 0 Å². The van der Waals surface area contributed by atoms with Crippen LogP contribution in [0.4, 0.5) is 10.5 Å². The van der Waals surface area contributed by atoms with Gasteiger partial charge in [0, 0.05) is 55.3 Å². The SMILES string of the molecule is Cc1ccc(-c2cnc(CCC(=O)N3CCCN(C(=O)Nc4ccc(Cl)cc4)CC3)o2)cc1. The molecule has 1 aliphatic heterocycles. The summed E-state index contributed by atoms with van der Waals surface area (Å²) < 4.78 is 5.83. The third kappa shape index (κ3) is 6.14. The topological polar surface area (TPSA) is 78.7 Å². The minimum absolute atomic E-state index is 0.0463. The van der Waals surface area contributed by atoms with Crippen LogP contribution >= 0.6 is 11.6 Å².